The molecule has 0 amide bonds. The van der Waals surface area contributed by atoms with E-state index in [1.807, 2.05) is 0 Å². The van der Waals surface area contributed by atoms with Gasteiger partial charge < -0.3 is 4.74 Å². The molecule has 0 spiro atoms. The summed E-state index contributed by atoms with van der Waals surface area (Å²) in [7, 11) is 0. The number of unbranched alkanes of at least 4 members (excludes halogenated alkanes) is 2. The minimum Gasteiger partial charge on any atom is -0.432 e. The van der Waals surface area contributed by atoms with Gasteiger partial charge in [-0.05, 0) is 61.6 Å². The lowest BCUT2D eigenvalue weighted by molar-refractivity contribution is -0.180. The maximum absolute atomic E-state index is 14.6. The predicted molar refractivity (Wildman–Crippen MR) is 115 cm³/mol. The van der Waals surface area contributed by atoms with Crippen LogP contribution in [0.3, 0.4) is 0 Å². The quantitative estimate of drug-likeness (QED) is 0.184. The molecule has 0 N–H and O–H groups in total. The van der Waals surface area contributed by atoms with E-state index in [2.05, 4.69) is 11.7 Å². The first kappa shape index (κ1) is 26.4. The molecular weight excluding hydrogens is 461 g/mol. The monoisotopic (exact) mass is 490 g/mol. The van der Waals surface area contributed by atoms with Crippen LogP contribution in [-0.4, -0.2) is 6.11 Å². The van der Waals surface area contributed by atoms with E-state index < -0.39 is 59.3 Å². The van der Waals surface area contributed by atoms with Crippen LogP contribution in [0.2, 0.25) is 0 Å². The van der Waals surface area contributed by atoms with Gasteiger partial charge in [0, 0.05) is 17.7 Å². The average molecular weight is 491 g/mol. The second kappa shape index (κ2) is 11.5. The summed E-state index contributed by atoms with van der Waals surface area (Å²) < 4.78 is 101. The number of hydrogen-bond acceptors (Lipinski definition) is 1. The van der Waals surface area contributed by atoms with Gasteiger partial charge in [-0.25, -0.2) is 22.0 Å². The summed E-state index contributed by atoms with van der Waals surface area (Å²) in [4.78, 5) is 0. The lowest BCUT2D eigenvalue weighted by Crippen LogP contribution is -2.26. The van der Waals surface area contributed by atoms with Crippen molar-refractivity contribution in [3.8, 4) is 5.75 Å². The van der Waals surface area contributed by atoms with Crippen molar-refractivity contribution >= 4 is 0 Å². The average Bonchev–Trinajstić information content (AvgIpc) is 2.77. The van der Waals surface area contributed by atoms with Gasteiger partial charge in [0.1, 0.15) is 17.4 Å². The van der Waals surface area contributed by atoms with Gasteiger partial charge in [0.2, 0.25) is 0 Å². The molecule has 0 unspecified atom stereocenters. The molecule has 0 aliphatic heterocycles. The summed E-state index contributed by atoms with van der Waals surface area (Å²) in [6.07, 6.45) is 2.63. The van der Waals surface area contributed by atoms with Crippen LogP contribution < -0.4 is 4.74 Å². The Hall–Kier alpha value is -2.25. The molecule has 1 aliphatic carbocycles. The Bertz CT molecular complexity index is 922. The molecule has 34 heavy (non-hydrogen) atoms. The number of halogens is 7. The first-order chi connectivity index (χ1) is 16.1. The van der Waals surface area contributed by atoms with Gasteiger partial charge in [0.25, 0.3) is 0 Å². The normalized spacial score (nSPS) is 18.8. The van der Waals surface area contributed by atoms with Gasteiger partial charge >= 0.3 is 6.11 Å². The molecule has 1 aliphatic rings. The third-order valence-electron chi connectivity index (χ3n) is 6.59. The largest absolute Gasteiger partial charge is 0.432 e. The van der Waals surface area contributed by atoms with E-state index in [4.69, 9.17) is 0 Å². The fraction of sp³-hybridized carbons (Fsp3) is 0.538. The van der Waals surface area contributed by atoms with Crippen LogP contribution in [0.4, 0.5) is 30.7 Å². The van der Waals surface area contributed by atoms with Gasteiger partial charge in [-0.1, -0.05) is 32.6 Å². The van der Waals surface area contributed by atoms with Crippen molar-refractivity contribution in [2.24, 2.45) is 5.92 Å². The molecule has 0 saturated heterocycles. The highest BCUT2D eigenvalue weighted by Crippen LogP contribution is 2.39. The maximum atomic E-state index is 14.6. The molecule has 1 saturated carbocycles. The molecule has 0 bridgehead atoms. The Labute approximate surface area is 195 Å². The lowest BCUT2D eigenvalue weighted by Gasteiger charge is -2.29. The van der Waals surface area contributed by atoms with E-state index in [0.29, 0.717) is 11.5 Å². The van der Waals surface area contributed by atoms with Crippen LogP contribution >= 0.6 is 0 Å². The first-order valence-corrected chi connectivity index (χ1v) is 11.8. The van der Waals surface area contributed by atoms with Gasteiger partial charge in [-0.15, -0.1) is 0 Å². The number of alkyl halides is 2. The highest BCUT2D eigenvalue weighted by atomic mass is 19.3. The zero-order chi connectivity index (χ0) is 24.9. The molecule has 2 aromatic carbocycles. The van der Waals surface area contributed by atoms with Crippen LogP contribution in [0.1, 0.15) is 81.8 Å². The molecule has 1 fully saturated rings. The molecule has 0 atom stereocenters. The van der Waals surface area contributed by atoms with Crippen LogP contribution in [0.5, 0.6) is 5.75 Å². The van der Waals surface area contributed by atoms with Crippen LogP contribution in [0.15, 0.2) is 24.3 Å². The van der Waals surface area contributed by atoms with Crippen LogP contribution in [0.25, 0.3) is 0 Å². The molecule has 0 heterocycles. The minimum absolute atomic E-state index is 0.0357. The van der Waals surface area contributed by atoms with Crippen LogP contribution in [-0.2, 0) is 6.42 Å². The van der Waals surface area contributed by atoms with Crippen molar-refractivity contribution in [1.29, 1.82) is 0 Å². The minimum atomic E-state index is -3.98. The molecule has 8 heteroatoms. The summed E-state index contributed by atoms with van der Waals surface area (Å²) in [5, 5.41) is 0. The SMILES string of the molecule is CCCCCC1CCC(c2cc(F)c(CCC(F)(F)Oc3cc(F)c(F)c(F)c3)c(F)c2)CC1. The van der Waals surface area contributed by atoms with Crippen molar-refractivity contribution in [1.82, 2.24) is 0 Å². The van der Waals surface area contributed by atoms with E-state index in [-0.39, 0.29) is 18.1 Å². The zero-order valence-corrected chi connectivity index (χ0v) is 19.1. The van der Waals surface area contributed by atoms with E-state index in [1.54, 1.807) is 0 Å². The molecule has 188 valence electrons. The Kier molecular flexibility index (Phi) is 8.88. The topological polar surface area (TPSA) is 9.23 Å². The van der Waals surface area contributed by atoms with Crippen molar-refractivity contribution in [2.45, 2.75) is 83.2 Å². The van der Waals surface area contributed by atoms with E-state index >= 15 is 0 Å². The van der Waals surface area contributed by atoms with Crippen molar-refractivity contribution < 1.29 is 35.5 Å². The van der Waals surface area contributed by atoms with Crippen molar-refractivity contribution in [3.05, 3.63) is 64.5 Å². The van der Waals surface area contributed by atoms with Gasteiger partial charge in [0.15, 0.2) is 17.5 Å². The van der Waals surface area contributed by atoms with E-state index in [9.17, 15) is 30.7 Å². The molecule has 3 rings (SSSR count). The highest BCUT2D eigenvalue weighted by molar-refractivity contribution is 5.30. The molecule has 1 nitrogen and oxygen atoms in total. The maximum Gasteiger partial charge on any atom is 0.398 e. The summed E-state index contributed by atoms with van der Waals surface area (Å²) >= 11 is 0. The smallest absolute Gasteiger partial charge is 0.398 e. The van der Waals surface area contributed by atoms with Crippen LogP contribution in [0, 0.1) is 35.0 Å². The fourth-order valence-corrected chi connectivity index (χ4v) is 4.65. The standard InChI is InChI=1S/C26H29F7O/c1-2-3-4-5-16-6-8-17(9-7-16)18-12-21(27)20(22(28)13-18)10-11-26(32,33)34-19-14-23(29)25(31)24(30)15-19/h12-17H,2-11H2,1H3. The predicted octanol–water partition coefficient (Wildman–Crippen LogP) is 8.84. The first-order valence-electron chi connectivity index (χ1n) is 11.8. The number of rotatable bonds is 10. The van der Waals surface area contributed by atoms with E-state index in [1.165, 1.54) is 37.8 Å². The molecule has 2 aromatic rings. The molecular formula is C26H29F7O. The summed E-state index contributed by atoms with van der Waals surface area (Å²) in [6, 6.07) is 2.98. The number of benzene rings is 2. The van der Waals surface area contributed by atoms with E-state index in [0.717, 1.165) is 25.7 Å². The van der Waals surface area contributed by atoms with Gasteiger partial charge in [0.05, 0.1) is 6.42 Å². The summed E-state index contributed by atoms with van der Waals surface area (Å²) in [5.41, 5.74) is 0.0303. The highest BCUT2D eigenvalue weighted by Gasteiger charge is 2.33. The second-order valence-corrected chi connectivity index (χ2v) is 9.12. The fourth-order valence-electron chi connectivity index (χ4n) is 4.65. The van der Waals surface area contributed by atoms with Crippen molar-refractivity contribution in [2.75, 3.05) is 0 Å². The summed E-state index contributed by atoms with van der Waals surface area (Å²) in [6.45, 7) is 2.16. The Balaban J connectivity index is 1.60. The van der Waals surface area contributed by atoms with Gasteiger partial charge in [-0.3, -0.25) is 0 Å². The van der Waals surface area contributed by atoms with Crippen molar-refractivity contribution in [3.63, 3.8) is 0 Å². The summed E-state index contributed by atoms with van der Waals surface area (Å²) in [5.74, 6) is -7.25. The van der Waals surface area contributed by atoms with Gasteiger partial charge in [-0.2, -0.15) is 8.78 Å². The Morgan fingerprint density at radius 1 is 0.824 bits per heavy atom. The number of hydrogen-bond donors (Lipinski definition) is 0. The third kappa shape index (κ3) is 6.89. The zero-order valence-electron chi connectivity index (χ0n) is 19.1. The molecule has 0 radical (unpaired) electrons. The Morgan fingerprint density at radius 3 is 1.97 bits per heavy atom. The lowest BCUT2D eigenvalue weighted by atomic mass is 9.77. The third-order valence-corrected chi connectivity index (χ3v) is 6.59. The Morgan fingerprint density at radius 2 is 1.41 bits per heavy atom. The number of ether oxygens (including phenoxy) is 1. The second-order valence-electron chi connectivity index (χ2n) is 9.12. The molecule has 0 aromatic heterocycles.